The van der Waals surface area contributed by atoms with Crippen molar-refractivity contribution in [3.8, 4) is 0 Å². The molecule has 0 saturated heterocycles. The van der Waals surface area contributed by atoms with Crippen LogP contribution in [0.3, 0.4) is 0 Å². The SMILES string of the molecule is C=CC(=O)OC(C)OCCCl. The zero-order chi connectivity index (χ0) is 8.69. The normalized spacial score (nSPS) is 12.2. The number of halogens is 1. The zero-order valence-electron chi connectivity index (χ0n) is 6.38. The second kappa shape index (κ2) is 6.19. The van der Waals surface area contributed by atoms with Gasteiger partial charge in [-0.05, 0) is 6.92 Å². The van der Waals surface area contributed by atoms with Gasteiger partial charge in [-0.1, -0.05) is 6.58 Å². The van der Waals surface area contributed by atoms with Crippen molar-refractivity contribution >= 4 is 17.6 Å². The third-order valence-electron chi connectivity index (χ3n) is 0.878. The van der Waals surface area contributed by atoms with E-state index in [0.29, 0.717) is 12.5 Å². The average molecular weight is 179 g/mol. The van der Waals surface area contributed by atoms with Gasteiger partial charge in [-0.3, -0.25) is 0 Å². The molecule has 0 spiro atoms. The second-order valence-corrected chi connectivity index (χ2v) is 2.15. The molecule has 0 heterocycles. The Balaban J connectivity index is 3.43. The molecule has 0 aliphatic carbocycles. The summed E-state index contributed by atoms with van der Waals surface area (Å²) in [5.74, 6) is -0.109. The van der Waals surface area contributed by atoms with E-state index in [1.54, 1.807) is 6.92 Å². The van der Waals surface area contributed by atoms with Crippen LogP contribution in [0.1, 0.15) is 6.92 Å². The van der Waals surface area contributed by atoms with Crippen LogP contribution in [0, 0.1) is 0 Å². The van der Waals surface area contributed by atoms with Crippen LogP contribution < -0.4 is 0 Å². The summed E-state index contributed by atoms with van der Waals surface area (Å²) < 4.78 is 9.60. The number of hydrogen-bond donors (Lipinski definition) is 0. The van der Waals surface area contributed by atoms with Gasteiger partial charge >= 0.3 is 5.97 Å². The van der Waals surface area contributed by atoms with E-state index in [2.05, 4.69) is 11.3 Å². The number of carbonyl (C=O) groups excluding carboxylic acids is 1. The van der Waals surface area contributed by atoms with Gasteiger partial charge in [0.25, 0.3) is 0 Å². The molecule has 3 nitrogen and oxygen atoms in total. The summed E-state index contributed by atoms with van der Waals surface area (Å²) >= 11 is 5.33. The van der Waals surface area contributed by atoms with E-state index < -0.39 is 12.3 Å². The number of rotatable bonds is 5. The Morgan fingerprint density at radius 1 is 1.82 bits per heavy atom. The van der Waals surface area contributed by atoms with E-state index in [1.807, 2.05) is 0 Å². The van der Waals surface area contributed by atoms with Crippen LogP contribution in [0.25, 0.3) is 0 Å². The molecule has 0 aromatic heterocycles. The summed E-state index contributed by atoms with van der Waals surface area (Å²) in [6.07, 6.45) is 0.528. The second-order valence-electron chi connectivity index (χ2n) is 1.77. The lowest BCUT2D eigenvalue weighted by Gasteiger charge is -2.10. The number of hydrogen-bond acceptors (Lipinski definition) is 3. The molecule has 0 aromatic rings. The molecule has 11 heavy (non-hydrogen) atoms. The molecule has 0 aliphatic heterocycles. The first-order valence-corrected chi connectivity index (χ1v) is 3.74. The van der Waals surface area contributed by atoms with E-state index in [0.717, 1.165) is 6.08 Å². The number of esters is 1. The lowest BCUT2D eigenvalue weighted by atomic mass is 10.6. The van der Waals surface area contributed by atoms with E-state index >= 15 is 0 Å². The minimum atomic E-state index is -0.556. The Kier molecular flexibility index (Phi) is 5.88. The third-order valence-corrected chi connectivity index (χ3v) is 1.03. The van der Waals surface area contributed by atoms with Crippen LogP contribution in [0.15, 0.2) is 12.7 Å². The van der Waals surface area contributed by atoms with Crippen molar-refractivity contribution in [3.05, 3.63) is 12.7 Å². The van der Waals surface area contributed by atoms with Crippen molar-refractivity contribution in [2.75, 3.05) is 12.5 Å². The van der Waals surface area contributed by atoms with E-state index in [-0.39, 0.29) is 0 Å². The first kappa shape index (κ1) is 10.5. The molecule has 0 radical (unpaired) electrons. The summed E-state index contributed by atoms with van der Waals surface area (Å²) in [6, 6.07) is 0. The summed E-state index contributed by atoms with van der Waals surface area (Å²) in [5.41, 5.74) is 0. The molecule has 0 aromatic carbocycles. The van der Waals surface area contributed by atoms with Crippen LogP contribution in [0.5, 0.6) is 0 Å². The summed E-state index contributed by atoms with van der Waals surface area (Å²) in [4.78, 5) is 10.5. The third kappa shape index (κ3) is 5.88. The number of ether oxygens (including phenoxy) is 2. The van der Waals surface area contributed by atoms with Gasteiger partial charge in [0, 0.05) is 12.0 Å². The zero-order valence-corrected chi connectivity index (χ0v) is 7.13. The van der Waals surface area contributed by atoms with Crippen molar-refractivity contribution in [1.29, 1.82) is 0 Å². The first-order chi connectivity index (χ1) is 5.20. The highest BCUT2D eigenvalue weighted by Crippen LogP contribution is 1.94. The standard InChI is InChI=1S/C7H11ClO3/c1-3-7(9)11-6(2)10-5-4-8/h3,6H,1,4-5H2,2H3. The maximum absolute atomic E-state index is 10.5. The molecular formula is C7H11ClO3. The Morgan fingerprint density at radius 3 is 2.91 bits per heavy atom. The fraction of sp³-hybridized carbons (Fsp3) is 0.571. The summed E-state index contributed by atoms with van der Waals surface area (Å²) in [7, 11) is 0. The topological polar surface area (TPSA) is 35.5 Å². The smallest absolute Gasteiger partial charge is 0.332 e. The Morgan fingerprint density at radius 2 is 2.45 bits per heavy atom. The minimum Gasteiger partial charge on any atom is -0.433 e. The van der Waals surface area contributed by atoms with Gasteiger partial charge in [0.1, 0.15) is 0 Å². The predicted molar refractivity (Wildman–Crippen MR) is 42.4 cm³/mol. The molecule has 0 N–H and O–H groups in total. The predicted octanol–water partition coefficient (Wildman–Crippen LogP) is 1.32. The van der Waals surface area contributed by atoms with Crippen LogP contribution in [0.4, 0.5) is 0 Å². The van der Waals surface area contributed by atoms with Crippen LogP contribution in [-0.2, 0) is 14.3 Å². The Labute approximate surface area is 70.9 Å². The molecule has 0 fully saturated rings. The lowest BCUT2D eigenvalue weighted by Crippen LogP contribution is -2.17. The van der Waals surface area contributed by atoms with E-state index in [4.69, 9.17) is 16.3 Å². The van der Waals surface area contributed by atoms with E-state index in [1.165, 1.54) is 0 Å². The monoisotopic (exact) mass is 178 g/mol. The van der Waals surface area contributed by atoms with Gasteiger partial charge < -0.3 is 9.47 Å². The largest absolute Gasteiger partial charge is 0.433 e. The van der Waals surface area contributed by atoms with Crippen molar-refractivity contribution in [2.45, 2.75) is 13.2 Å². The quantitative estimate of drug-likeness (QED) is 0.276. The molecule has 0 rings (SSSR count). The summed E-state index contributed by atoms with van der Waals surface area (Å²) in [6.45, 7) is 5.22. The molecule has 0 amide bonds. The van der Waals surface area contributed by atoms with Crippen LogP contribution in [-0.4, -0.2) is 24.7 Å². The fourth-order valence-electron chi connectivity index (χ4n) is 0.456. The maximum Gasteiger partial charge on any atom is 0.332 e. The van der Waals surface area contributed by atoms with Crippen molar-refractivity contribution in [1.82, 2.24) is 0 Å². The highest BCUT2D eigenvalue weighted by atomic mass is 35.5. The molecule has 0 saturated carbocycles. The number of carbonyl (C=O) groups is 1. The molecule has 1 atom stereocenters. The lowest BCUT2D eigenvalue weighted by molar-refractivity contribution is -0.167. The first-order valence-electron chi connectivity index (χ1n) is 3.21. The average Bonchev–Trinajstić information content (AvgIpc) is 2.00. The highest BCUT2D eigenvalue weighted by Gasteiger charge is 2.04. The maximum atomic E-state index is 10.5. The van der Waals surface area contributed by atoms with Gasteiger partial charge in [-0.25, -0.2) is 4.79 Å². The van der Waals surface area contributed by atoms with Gasteiger partial charge in [0.05, 0.1) is 6.61 Å². The molecule has 0 aliphatic rings. The Bertz CT molecular complexity index is 136. The fourth-order valence-corrected chi connectivity index (χ4v) is 0.545. The molecule has 64 valence electrons. The van der Waals surface area contributed by atoms with Crippen molar-refractivity contribution in [3.63, 3.8) is 0 Å². The summed E-state index contributed by atoms with van der Waals surface area (Å²) in [5, 5.41) is 0. The van der Waals surface area contributed by atoms with Crippen molar-refractivity contribution < 1.29 is 14.3 Å². The van der Waals surface area contributed by atoms with Crippen LogP contribution >= 0.6 is 11.6 Å². The molecular weight excluding hydrogens is 168 g/mol. The molecule has 1 unspecified atom stereocenters. The van der Waals surface area contributed by atoms with Gasteiger partial charge in [-0.15, -0.1) is 11.6 Å². The molecule has 0 bridgehead atoms. The number of alkyl halides is 1. The Hall–Kier alpha value is -0.540. The highest BCUT2D eigenvalue weighted by molar-refractivity contribution is 6.17. The van der Waals surface area contributed by atoms with Gasteiger partial charge in [-0.2, -0.15) is 0 Å². The van der Waals surface area contributed by atoms with E-state index in [9.17, 15) is 4.79 Å². The van der Waals surface area contributed by atoms with Crippen molar-refractivity contribution in [2.24, 2.45) is 0 Å². The molecule has 4 heteroatoms. The minimum absolute atomic E-state index is 0.368. The van der Waals surface area contributed by atoms with Gasteiger partial charge in [0.15, 0.2) is 0 Å². The van der Waals surface area contributed by atoms with Gasteiger partial charge in [0.2, 0.25) is 6.29 Å². The van der Waals surface area contributed by atoms with Crippen LogP contribution in [0.2, 0.25) is 0 Å².